The summed E-state index contributed by atoms with van der Waals surface area (Å²) in [7, 11) is 3.07. The largest absolute Gasteiger partial charge is 0.493 e. The van der Waals surface area contributed by atoms with E-state index in [9.17, 15) is 13.6 Å². The Labute approximate surface area is 198 Å². The van der Waals surface area contributed by atoms with Crippen molar-refractivity contribution in [3.8, 4) is 23.0 Å². The summed E-state index contributed by atoms with van der Waals surface area (Å²) in [5.74, 6) is 0.229. The number of carbonyl (C=O) groups excluding carboxylic acids is 1. The van der Waals surface area contributed by atoms with Crippen LogP contribution >= 0.6 is 11.6 Å². The number of fused-ring (bicyclic) bond motifs is 1. The van der Waals surface area contributed by atoms with Gasteiger partial charge in [0.1, 0.15) is 23.1 Å². The topological polar surface area (TPSA) is 81.7 Å². The third kappa shape index (κ3) is 4.94. The molecule has 2 N–H and O–H groups in total. The van der Waals surface area contributed by atoms with Gasteiger partial charge in [0.05, 0.1) is 30.4 Å². The third-order valence-electron chi connectivity index (χ3n) is 4.80. The molecule has 7 nitrogen and oxygen atoms in total. The molecule has 0 bridgehead atoms. The first-order valence-electron chi connectivity index (χ1n) is 9.89. The van der Waals surface area contributed by atoms with Crippen LogP contribution < -0.4 is 24.8 Å². The molecule has 2 amide bonds. The average molecular weight is 486 g/mol. The molecule has 0 atom stereocenters. The highest BCUT2D eigenvalue weighted by Gasteiger charge is 2.14. The maximum absolute atomic E-state index is 13.7. The highest BCUT2D eigenvalue weighted by molar-refractivity contribution is 6.32. The Morgan fingerprint density at radius 2 is 1.65 bits per heavy atom. The van der Waals surface area contributed by atoms with E-state index in [-0.39, 0.29) is 10.7 Å². The Hall–Kier alpha value is -4.11. The van der Waals surface area contributed by atoms with Gasteiger partial charge in [-0.15, -0.1) is 0 Å². The maximum Gasteiger partial charge on any atom is 0.323 e. The number of urea groups is 1. The second kappa shape index (κ2) is 9.80. The summed E-state index contributed by atoms with van der Waals surface area (Å²) in [5.41, 5.74) is 0.805. The molecule has 10 heteroatoms. The van der Waals surface area contributed by atoms with Gasteiger partial charge in [-0.2, -0.15) is 0 Å². The van der Waals surface area contributed by atoms with Crippen LogP contribution in [0.25, 0.3) is 10.9 Å². The van der Waals surface area contributed by atoms with Crippen LogP contribution in [0.2, 0.25) is 5.02 Å². The molecule has 0 radical (unpaired) electrons. The zero-order valence-corrected chi connectivity index (χ0v) is 18.7. The lowest BCUT2D eigenvalue weighted by molar-refractivity contribution is 0.262. The second-order valence-electron chi connectivity index (χ2n) is 6.98. The zero-order chi connectivity index (χ0) is 24.2. The molecule has 4 rings (SSSR count). The molecule has 0 aliphatic heterocycles. The molecule has 34 heavy (non-hydrogen) atoms. The van der Waals surface area contributed by atoms with Gasteiger partial charge in [-0.3, -0.25) is 4.98 Å². The summed E-state index contributed by atoms with van der Waals surface area (Å²) >= 11 is 6.36. The lowest BCUT2D eigenvalue weighted by Crippen LogP contribution is -2.20. The number of ether oxygens (including phenoxy) is 3. The van der Waals surface area contributed by atoms with Gasteiger partial charge < -0.3 is 24.8 Å². The van der Waals surface area contributed by atoms with E-state index < -0.39 is 17.7 Å². The second-order valence-corrected chi connectivity index (χ2v) is 7.39. The van der Waals surface area contributed by atoms with Gasteiger partial charge in [-0.25, -0.2) is 13.6 Å². The molecule has 3 aromatic carbocycles. The number of hydrogen-bond acceptors (Lipinski definition) is 5. The van der Waals surface area contributed by atoms with Gasteiger partial charge in [0.25, 0.3) is 0 Å². The minimum Gasteiger partial charge on any atom is -0.493 e. The summed E-state index contributed by atoms with van der Waals surface area (Å²) in [6.45, 7) is 0. The Bertz CT molecular complexity index is 1380. The summed E-state index contributed by atoms with van der Waals surface area (Å²) in [5, 5.41) is 5.73. The van der Waals surface area contributed by atoms with Crippen molar-refractivity contribution >= 4 is 39.9 Å². The van der Waals surface area contributed by atoms with E-state index in [0.29, 0.717) is 45.7 Å². The number of carbonyl (C=O) groups is 1. The van der Waals surface area contributed by atoms with Gasteiger partial charge in [-0.1, -0.05) is 11.6 Å². The molecule has 174 valence electrons. The predicted molar refractivity (Wildman–Crippen MR) is 125 cm³/mol. The van der Waals surface area contributed by atoms with Gasteiger partial charge in [0.15, 0.2) is 11.5 Å². The molecule has 0 saturated carbocycles. The van der Waals surface area contributed by atoms with Crippen LogP contribution in [0, 0.1) is 11.6 Å². The summed E-state index contributed by atoms with van der Waals surface area (Å²) in [6.07, 6.45) is 1.59. The average Bonchev–Trinajstić information content (AvgIpc) is 2.82. The molecule has 1 heterocycles. The summed E-state index contributed by atoms with van der Waals surface area (Å²) in [4.78, 5) is 16.5. The van der Waals surface area contributed by atoms with Gasteiger partial charge >= 0.3 is 6.03 Å². The zero-order valence-electron chi connectivity index (χ0n) is 18.0. The van der Waals surface area contributed by atoms with Crippen LogP contribution in [0.3, 0.4) is 0 Å². The highest BCUT2D eigenvalue weighted by atomic mass is 35.5. The molecule has 4 aromatic rings. The van der Waals surface area contributed by atoms with Crippen LogP contribution in [0.4, 0.5) is 25.0 Å². The minimum atomic E-state index is -0.893. The first kappa shape index (κ1) is 23.1. The summed E-state index contributed by atoms with van der Waals surface area (Å²) < 4.78 is 43.4. The first-order chi connectivity index (χ1) is 16.4. The molecule has 0 aliphatic carbocycles. The number of halogens is 3. The van der Waals surface area contributed by atoms with Crippen molar-refractivity contribution in [2.24, 2.45) is 0 Å². The first-order valence-corrected chi connectivity index (χ1v) is 10.3. The Balaban J connectivity index is 1.52. The van der Waals surface area contributed by atoms with Gasteiger partial charge in [-0.05, 0) is 42.5 Å². The number of nitrogens with zero attached hydrogens (tertiary/aromatic N) is 1. The van der Waals surface area contributed by atoms with Crippen molar-refractivity contribution in [3.05, 3.63) is 77.5 Å². The predicted octanol–water partition coefficient (Wildman–Crippen LogP) is 6.62. The number of amides is 2. The number of benzene rings is 3. The molecular formula is C24H18ClF2N3O4. The number of hydrogen-bond donors (Lipinski definition) is 2. The van der Waals surface area contributed by atoms with Crippen molar-refractivity contribution in [3.63, 3.8) is 0 Å². The van der Waals surface area contributed by atoms with E-state index in [1.807, 2.05) is 0 Å². The van der Waals surface area contributed by atoms with Crippen LogP contribution in [-0.2, 0) is 0 Å². The number of anilines is 2. The van der Waals surface area contributed by atoms with E-state index in [4.69, 9.17) is 25.8 Å². The van der Waals surface area contributed by atoms with E-state index >= 15 is 0 Å². The van der Waals surface area contributed by atoms with Crippen molar-refractivity contribution in [1.82, 2.24) is 4.98 Å². The number of aromatic nitrogens is 1. The van der Waals surface area contributed by atoms with Crippen LogP contribution in [0.1, 0.15) is 0 Å². The molecule has 0 aliphatic rings. The maximum atomic E-state index is 13.7. The Morgan fingerprint density at radius 3 is 2.35 bits per heavy atom. The quantitative estimate of drug-likeness (QED) is 0.321. The standard InChI is InChI=1S/C24H18ClF2N3O4/c1-32-22-11-15-19(12-23(22)33-2)28-8-7-20(15)34-21-6-4-14(10-16(21)25)29-24(31)30-18-5-3-13(26)9-17(18)27/h3-12H,1-2H3,(H2,29,30,31). The Morgan fingerprint density at radius 1 is 0.882 bits per heavy atom. The SMILES string of the molecule is COc1cc2nccc(Oc3ccc(NC(=O)Nc4ccc(F)cc4F)cc3Cl)c2cc1OC. The fourth-order valence-electron chi connectivity index (χ4n) is 3.19. The molecular weight excluding hydrogens is 468 g/mol. The van der Waals surface area contributed by atoms with Crippen LogP contribution in [0.5, 0.6) is 23.0 Å². The van der Waals surface area contributed by atoms with Crippen molar-refractivity contribution in [2.75, 3.05) is 24.9 Å². The van der Waals surface area contributed by atoms with E-state index in [0.717, 1.165) is 12.1 Å². The smallest absolute Gasteiger partial charge is 0.323 e. The summed E-state index contributed by atoms with van der Waals surface area (Å²) in [6, 6.07) is 11.9. The minimum absolute atomic E-state index is 0.165. The molecule has 0 spiro atoms. The molecule has 0 fully saturated rings. The van der Waals surface area contributed by atoms with E-state index in [2.05, 4.69) is 15.6 Å². The van der Waals surface area contributed by atoms with Gasteiger partial charge in [0.2, 0.25) is 0 Å². The van der Waals surface area contributed by atoms with E-state index in [1.165, 1.54) is 20.3 Å². The number of pyridine rings is 1. The van der Waals surface area contributed by atoms with Crippen molar-refractivity contribution in [1.29, 1.82) is 0 Å². The normalized spacial score (nSPS) is 10.6. The number of methoxy groups -OCH3 is 2. The van der Waals surface area contributed by atoms with Crippen molar-refractivity contribution in [2.45, 2.75) is 0 Å². The molecule has 1 aromatic heterocycles. The van der Waals surface area contributed by atoms with Crippen LogP contribution in [0.15, 0.2) is 60.8 Å². The fraction of sp³-hybridized carbons (Fsp3) is 0.0833. The number of nitrogens with one attached hydrogen (secondary N) is 2. The molecule has 0 saturated heterocycles. The Kier molecular flexibility index (Phi) is 6.65. The van der Waals surface area contributed by atoms with Crippen LogP contribution in [-0.4, -0.2) is 25.2 Å². The van der Waals surface area contributed by atoms with E-state index in [1.54, 1.807) is 36.5 Å². The number of rotatable bonds is 6. The highest BCUT2D eigenvalue weighted by Crippen LogP contribution is 2.38. The monoisotopic (exact) mass is 485 g/mol. The molecule has 0 unspecified atom stereocenters. The fourth-order valence-corrected chi connectivity index (χ4v) is 3.41. The third-order valence-corrected chi connectivity index (χ3v) is 5.09. The lowest BCUT2D eigenvalue weighted by Gasteiger charge is -2.14. The van der Waals surface area contributed by atoms with Gasteiger partial charge in [0, 0.05) is 29.4 Å². The van der Waals surface area contributed by atoms with Crippen molar-refractivity contribution < 1.29 is 27.8 Å². The lowest BCUT2D eigenvalue weighted by atomic mass is 10.2.